The van der Waals surface area contributed by atoms with Crippen LogP contribution in [0.3, 0.4) is 0 Å². The normalized spacial score (nSPS) is 13.0. The van der Waals surface area contributed by atoms with Crippen LogP contribution in [-0.2, 0) is 13.2 Å². The van der Waals surface area contributed by atoms with Gasteiger partial charge in [-0.05, 0) is 37.6 Å². The van der Waals surface area contributed by atoms with E-state index >= 15 is 0 Å². The highest BCUT2D eigenvalue weighted by atomic mass is 19.4. The fourth-order valence-electron chi connectivity index (χ4n) is 2.87. The highest BCUT2D eigenvalue weighted by molar-refractivity contribution is 5.90. The van der Waals surface area contributed by atoms with E-state index in [9.17, 15) is 18.0 Å². The number of nitrogens with zero attached hydrogens (tertiary/aromatic N) is 3. The van der Waals surface area contributed by atoms with Crippen molar-refractivity contribution in [3.8, 4) is 0 Å². The molecule has 0 aliphatic carbocycles. The predicted octanol–water partition coefficient (Wildman–Crippen LogP) is 3.83. The number of hydrogen-bond donors (Lipinski definition) is 1. The number of nitrogens with one attached hydrogen (secondary N) is 1. The van der Waals surface area contributed by atoms with Crippen LogP contribution in [0.25, 0.3) is 10.9 Å². The van der Waals surface area contributed by atoms with Gasteiger partial charge < -0.3 is 9.88 Å². The van der Waals surface area contributed by atoms with Crippen molar-refractivity contribution in [1.82, 2.24) is 14.8 Å². The summed E-state index contributed by atoms with van der Waals surface area (Å²) < 4.78 is 40.2. The van der Waals surface area contributed by atoms with E-state index in [1.807, 2.05) is 0 Å². The zero-order valence-corrected chi connectivity index (χ0v) is 14.4. The molecule has 0 aliphatic heterocycles. The molecular weight excluding hydrogens is 345 g/mol. The lowest BCUT2D eigenvalue weighted by atomic mass is 10.0. The first kappa shape index (κ1) is 17.9. The lowest BCUT2D eigenvalue weighted by molar-refractivity contribution is -0.137. The Morgan fingerprint density at radius 3 is 2.58 bits per heavy atom. The monoisotopic (exact) mass is 362 g/mol. The molecule has 2 aromatic heterocycles. The first-order valence-corrected chi connectivity index (χ1v) is 7.95. The Hall–Kier alpha value is -2.90. The summed E-state index contributed by atoms with van der Waals surface area (Å²) in [6.07, 6.45) is -4.40. The van der Waals surface area contributed by atoms with Crippen molar-refractivity contribution in [2.45, 2.75) is 26.1 Å². The fraction of sp³-hybridized carbons (Fsp3) is 0.278. The number of aryl methyl sites for hydroxylation is 2. The van der Waals surface area contributed by atoms with Gasteiger partial charge in [-0.2, -0.15) is 18.3 Å². The molecule has 0 spiro atoms. The van der Waals surface area contributed by atoms with Crippen LogP contribution in [0.1, 0.15) is 29.8 Å². The molecule has 0 bridgehead atoms. The summed E-state index contributed by atoms with van der Waals surface area (Å²) in [6, 6.07) is 7.76. The lowest BCUT2D eigenvalue weighted by Crippen LogP contribution is -2.18. The molecule has 0 fully saturated rings. The van der Waals surface area contributed by atoms with Crippen molar-refractivity contribution in [2.24, 2.45) is 7.05 Å². The first-order chi connectivity index (χ1) is 12.2. The molecule has 0 amide bonds. The molecule has 0 saturated heterocycles. The largest absolute Gasteiger partial charge is 0.416 e. The van der Waals surface area contributed by atoms with Gasteiger partial charge in [0.25, 0.3) is 5.56 Å². The number of pyridine rings is 1. The zero-order chi connectivity index (χ0) is 19.1. The summed E-state index contributed by atoms with van der Waals surface area (Å²) in [6.45, 7) is 3.49. The van der Waals surface area contributed by atoms with Crippen LogP contribution < -0.4 is 10.9 Å². The second-order valence-corrected chi connectivity index (χ2v) is 6.12. The molecule has 1 atom stereocenters. The third kappa shape index (κ3) is 3.26. The zero-order valence-electron chi connectivity index (χ0n) is 14.4. The molecule has 8 heteroatoms. The molecule has 0 unspecified atom stereocenters. The van der Waals surface area contributed by atoms with Gasteiger partial charge in [-0.15, -0.1) is 5.10 Å². The van der Waals surface area contributed by atoms with Crippen LogP contribution in [0.4, 0.5) is 19.0 Å². The highest BCUT2D eigenvalue weighted by Crippen LogP contribution is 2.32. The Balaban J connectivity index is 2.01. The Morgan fingerprint density at radius 2 is 1.88 bits per heavy atom. The van der Waals surface area contributed by atoms with Crippen LogP contribution in [0.5, 0.6) is 0 Å². The number of benzene rings is 1. The Morgan fingerprint density at radius 1 is 1.15 bits per heavy atom. The van der Waals surface area contributed by atoms with Crippen molar-refractivity contribution >= 4 is 16.7 Å². The van der Waals surface area contributed by atoms with E-state index in [4.69, 9.17) is 0 Å². The van der Waals surface area contributed by atoms with Gasteiger partial charge in [0.15, 0.2) is 5.82 Å². The van der Waals surface area contributed by atoms with Gasteiger partial charge in [0.2, 0.25) is 0 Å². The van der Waals surface area contributed by atoms with E-state index in [2.05, 4.69) is 15.5 Å². The first-order valence-electron chi connectivity index (χ1n) is 7.95. The van der Waals surface area contributed by atoms with Crippen molar-refractivity contribution < 1.29 is 13.2 Å². The quantitative estimate of drug-likeness (QED) is 0.769. The minimum Gasteiger partial charge on any atom is -0.361 e. The smallest absolute Gasteiger partial charge is 0.361 e. The second-order valence-electron chi connectivity index (χ2n) is 6.12. The molecule has 1 N–H and O–H groups in total. The van der Waals surface area contributed by atoms with Crippen LogP contribution in [-0.4, -0.2) is 14.8 Å². The molecule has 5 nitrogen and oxygen atoms in total. The third-order valence-corrected chi connectivity index (χ3v) is 4.28. The number of halogens is 3. The SMILES string of the molecule is Cc1nnc(N[C@H](C)c2cccc(C(F)(F)F)c2)c2ccc(=O)n(C)c12. The minimum atomic E-state index is -4.40. The van der Waals surface area contributed by atoms with Gasteiger partial charge in [0.1, 0.15) is 0 Å². The maximum Gasteiger partial charge on any atom is 0.416 e. The number of anilines is 1. The fourth-order valence-corrected chi connectivity index (χ4v) is 2.87. The van der Waals surface area contributed by atoms with Gasteiger partial charge in [-0.3, -0.25) is 4.79 Å². The van der Waals surface area contributed by atoms with Crippen molar-refractivity contribution in [2.75, 3.05) is 5.32 Å². The Labute approximate surface area is 147 Å². The molecule has 3 aromatic rings. The average Bonchev–Trinajstić information content (AvgIpc) is 2.59. The van der Waals surface area contributed by atoms with Gasteiger partial charge in [0, 0.05) is 18.5 Å². The summed E-state index contributed by atoms with van der Waals surface area (Å²) in [5.41, 5.74) is 0.820. The molecular formula is C18H17F3N4O. The number of alkyl halides is 3. The van der Waals surface area contributed by atoms with Gasteiger partial charge in [0.05, 0.1) is 22.8 Å². The number of fused-ring (bicyclic) bond motifs is 1. The van der Waals surface area contributed by atoms with Crippen molar-refractivity contribution in [3.63, 3.8) is 0 Å². The summed E-state index contributed by atoms with van der Waals surface area (Å²) in [5.74, 6) is 0.408. The molecule has 3 rings (SSSR count). The maximum absolute atomic E-state index is 12.9. The Kier molecular flexibility index (Phi) is 4.43. The number of hydrogen-bond acceptors (Lipinski definition) is 4. The third-order valence-electron chi connectivity index (χ3n) is 4.28. The van der Waals surface area contributed by atoms with E-state index in [1.165, 1.54) is 16.7 Å². The summed E-state index contributed by atoms with van der Waals surface area (Å²) in [7, 11) is 1.64. The number of rotatable bonds is 3. The molecule has 0 aliphatic rings. The van der Waals surface area contributed by atoms with E-state index in [0.717, 1.165) is 12.1 Å². The molecule has 1 aromatic carbocycles. The van der Waals surface area contributed by atoms with Crippen LogP contribution in [0, 0.1) is 6.92 Å². The summed E-state index contributed by atoms with van der Waals surface area (Å²) in [5, 5.41) is 12.0. The van der Waals surface area contributed by atoms with Gasteiger partial charge >= 0.3 is 6.18 Å². The van der Waals surface area contributed by atoms with E-state index in [0.29, 0.717) is 28.0 Å². The van der Waals surface area contributed by atoms with E-state index in [1.54, 1.807) is 33.0 Å². The van der Waals surface area contributed by atoms with E-state index in [-0.39, 0.29) is 5.56 Å². The van der Waals surface area contributed by atoms with Crippen LogP contribution >= 0.6 is 0 Å². The summed E-state index contributed by atoms with van der Waals surface area (Å²) in [4.78, 5) is 11.9. The second kappa shape index (κ2) is 6.44. The van der Waals surface area contributed by atoms with Crippen LogP contribution in [0.15, 0.2) is 41.2 Å². The molecule has 0 saturated carbocycles. The minimum absolute atomic E-state index is 0.175. The van der Waals surface area contributed by atoms with Crippen LogP contribution in [0.2, 0.25) is 0 Å². The van der Waals surface area contributed by atoms with Crippen molar-refractivity contribution in [1.29, 1.82) is 0 Å². The maximum atomic E-state index is 12.9. The molecule has 136 valence electrons. The highest BCUT2D eigenvalue weighted by Gasteiger charge is 2.30. The molecule has 2 heterocycles. The molecule has 0 radical (unpaired) electrons. The van der Waals surface area contributed by atoms with Crippen molar-refractivity contribution in [3.05, 3.63) is 63.6 Å². The average molecular weight is 362 g/mol. The topological polar surface area (TPSA) is 59.8 Å². The standard InChI is InChI=1S/C18H17F3N4O/c1-10(12-5-4-6-13(9-12)18(19,20)21)22-17-14-7-8-15(26)25(3)16(14)11(2)23-24-17/h4-10H,1-3H3,(H,22,24)/t10-/m1/s1. The molecule has 26 heavy (non-hydrogen) atoms. The van der Waals surface area contributed by atoms with Gasteiger partial charge in [-0.25, -0.2) is 0 Å². The summed E-state index contributed by atoms with van der Waals surface area (Å²) >= 11 is 0. The van der Waals surface area contributed by atoms with Gasteiger partial charge in [-0.1, -0.05) is 12.1 Å². The number of aromatic nitrogens is 3. The van der Waals surface area contributed by atoms with E-state index < -0.39 is 17.8 Å². The predicted molar refractivity (Wildman–Crippen MR) is 93.0 cm³/mol. The lowest BCUT2D eigenvalue weighted by Gasteiger charge is -2.18. The Bertz CT molecular complexity index is 1030.